The summed E-state index contributed by atoms with van der Waals surface area (Å²) in [5.74, 6) is -0.303. The molecule has 1 aliphatic carbocycles. The van der Waals surface area contributed by atoms with Crippen molar-refractivity contribution in [2.45, 2.75) is 65.2 Å². The van der Waals surface area contributed by atoms with Crippen LogP contribution in [0.3, 0.4) is 0 Å². The van der Waals surface area contributed by atoms with Crippen LogP contribution in [0.2, 0.25) is 0 Å². The summed E-state index contributed by atoms with van der Waals surface area (Å²) < 4.78 is 46.8. The summed E-state index contributed by atoms with van der Waals surface area (Å²) in [5.41, 5.74) is 0.0529. The highest BCUT2D eigenvalue weighted by Gasteiger charge is 2.37. The van der Waals surface area contributed by atoms with E-state index in [1.807, 2.05) is 20.9 Å². The van der Waals surface area contributed by atoms with Gasteiger partial charge in [-0.1, -0.05) is 34.1 Å². The van der Waals surface area contributed by atoms with Crippen molar-refractivity contribution in [3.05, 3.63) is 41.6 Å². The summed E-state index contributed by atoms with van der Waals surface area (Å²) in [6.45, 7) is 7.02. The molecular weight excluding hydrogens is 551 g/mol. The van der Waals surface area contributed by atoms with Gasteiger partial charge in [0.1, 0.15) is 11.4 Å². The van der Waals surface area contributed by atoms with Gasteiger partial charge < -0.3 is 30.5 Å². The Morgan fingerprint density at radius 1 is 1.05 bits per heavy atom. The maximum Gasteiger partial charge on any atom is 0.421 e. The van der Waals surface area contributed by atoms with Crippen LogP contribution in [0.5, 0.6) is 0 Å². The normalized spacial score (nSPS) is 19.5. The van der Waals surface area contributed by atoms with Gasteiger partial charge in [0.05, 0.1) is 12.6 Å². The maximum atomic E-state index is 13.9. The maximum absolute atomic E-state index is 13.9. The SMILES string of the molecule is C.CC(C)COC(=O)N[C@H]1CCCC[C@H]1Nc1nc(Nc2ccc(C(=O)N3CCN(C)CC3)cc2)ncc1C(F)(F)F. The van der Waals surface area contributed by atoms with Gasteiger partial charge in [-0.3, -0.25) is 4.79 Å². The number of aromatic nitrogens is 2. The van der Waals surface area contributed by atoms with Gasteiger partial charge in [0, 0.05) is 49.7 Å². The number of ether oxygens (including phenoxy) is 1. The van der Waals surface area contributed by atoms with Crippen LogP contribution >= 0.6 is 0 Å². The van der Waals surface area contributed by atoms with Gasteiger partial charge >= 0.3 is 12.3 Å². The van der Waals surface area contributed by atoms with Crippen LogP contribution in [0.1, 0.15) is 62.9 Å². The molecule has 1 aromatic carbocycles. The molecule has 1 saturated carbocycles. The number of nitrogens with zero attached hydrogens (tertiary/aromatic N) is 4. The van der Waals surface area contributed by atoms with Crippen LogP contribution in [0.15, 0.2) is 30.5 Å². The molecule has 2 amide bonds. The van der Waals surface area contributed by atoms with Crippen molar-refractivity contribution in [3.63, 3.8) is 0 Å². The van der Waals surface area contributed by atoms with Crippen LogP contribution in [-0.4, -0.2) is 83.7 Å². The number of nitrogens with one attached hydrogen (secondary N) is 3. The fourth-order valence-corrected chi connectivity index (χ4v) is 4.86. The highest BCUT2D eigenvalue weighted by atomic mass is 19.4. The number of anilines is 3. The molecule has 1 aliphatic heterocycles. The van der Waals surface area contributed by atoms with Gasteiger partial charge in [0.2, 0.25) is 5.95 Å². The molecule has 2 atom stereocenters. The third kappa shape index (κ3) is 8.94. The molecule has 0 bridgehead atoms. The Morgan fingerprint density at radius 2 is 1.69 bits per heavy atom. The molecule has 3 N–H and O–H groups in total. The molecule has 42 heavy (non-hydrogen) atoms. The Balaban J connectivity index is 0.00000484. The average molecular weight is 594 g/mol. The van der Waals surface area contributed by atoms with Crippen LogP contribution < -0.4 is 16.0 Å². The molecule has 0 spiro atoms. The van der Waals surface area contributed by atoms with E-state index in [1.165, 1.54) is 0 Å². The number of carbonyl (C=O) groups excluding carboxylic acids is 2. The van der Waals surface area contributed by atoms with Crippen molar-refractivity contribution in [3.8, 4) is 0 Å². The first-order valence-corrected chi connectivity index (χ1v) is 14.0. The molecule has 2 aliphatic rings. The predicted octanol–water partition coefficient (Wildman–Crippen LogP) is 5.37. The van der Waals surface area contributed by atoms with Crippen molar-refractivity contribution < 1.29 is 27.5 Å². The summed E-state index contributed by atoms with van der Waals surface area (Å²) in [5, 5.41) is 8.66. The molecular formula is C29H42F3N7O3. The number of alkyl carbamates (subject to hydrolysis) is 1. The molecule has 2 heterocycles. The second-order valence-corrected chi connectivity index (χ2v) is 11.0. The first-order valence-electron chi connectivity index (χ1n) is 14.0. The minimum atomic E-state index is -4.68. The highest BCUT2D eigenvalue weighted by molar-refractivity contribution is 5.94. The van der Waals surface area contributed by atoms with Crippen molar-refractivity contribution >= 4 is 29.5 Å². The lowest BCUT2D eigenvalue weighted by Crippen LogP contribution is -2.49. The lowest BCUT2D eigenvalue weighted by Gasteiger charge is -2.33. The van der Waals surface area contributed by atoms with Gasteiger partial charge in [-0.05, 0) is 50.1 Å². The first-order chi connectivity index (χ1) is 19.5. The number of carbonyl (C=O) groups is 2. The summed E-state index contributed by atoms with van der Waals surface area (Å²) in [6.07, 6.45) is -1.73. The molecule has 232 valence electrons. The summed E-state index contributed by atoms with van der Waals surface area (Å²) in [4.78, 5) is 37.1. The van der Waals surface area contributed by atoms with Crippen LogP contribution in [0.4, 0.5) is 35.4 Å². The lowest BCUT2D eigenvalue weighted by molar-refractivity contribution is -0.137. The molecule has 2 aromatic rings. The number of rotatable bonds is 8. The Kier molecular flexibility index (Phi) is 11.4. The molecule has 13 heteroatoms. The zero-order chi connectivity index (χ0) is 29.6. The number of piperazine rings is 1. The molecule has 0 unspecified atom stereocenters. The standard InChI is InChI=1S/C28H38F3N7O3.CH4/c1-18(2)17-41-27(40)35-23-7-5-4-6-22(23)34-24-21(28(29,30)31)16-32-26(36-24)33-20-10-8-19(9-11-20)25(39)38-14-12-37(3)13-15-38;/h8-11,16,18,22-23H,4-7,12-15,17H2,1-3H3,(H,35,40)(H2,32,33,34,36);1H4/t22-,23+;/m1./s1. The second-order valence-electron chi connectivity index (χ2n) is 11.0. The van der Waals surface area contributed by atoms with Crippen molar-refractivity contribution in [2.24, 2.45) is 5.92 Å². The van der Waals surface area contributed by atoms with Crippen LogP contribution in [-0.2, 0) is 10.9 Å². The van der Waals surface area contributed by atoms with Gasteiger partial charge in [-0.15, -0.1) is 0 Å². The molecule has 4 rings (SSSR count). The van der Waals surface area contributed by atoms with Crippen molar-refractivity contribution in [1.82, 2.24) is 25.1 Å². The Hall–Kier alpha value is -3.61. The zero-order valence-corrected chi connectivity index (χ0v) is 23.6. The van der Waals surface area contributed by atoms with E-state index in [-0.39, 0.29) is 37.6 Å². The zero-order valence-electron chi connectivity index (χ0n) is 23.6. The van der Waals surface area contributed by atoms with E-state index in [0.717, 1.165) is 32.1 Å². The van der Waals surface area contributed by atoms with E-state index in [4.69, 9.17) is 4.74 Å². The summed E-state index contributed by atoms with van der Waals surface area (Å²) >= 11 is 0. The third-order valence-corrected chi connectivity index (χ3v) is 7.21. The van der Waals surface area contributed by atoms with E-state index in [0.29, 0.717) is 37.2 Å². The van der Waals surface area contributed by atoms with Gasteiger partial charge in [0.15, 0.2) is 0 Å². The fourth-order valence-electron chi connectivity index (χ4n) is 4.86. The molecule has 10 nitrogen and oxygen atoms in total. The average Bonchev–Trinajstić information content (AvgIpc) is 2.93. The quantitative estimate of drug-likeness (QED) is 0.375. The largest absolute Gasteiger partial charge is 0.449 e. The number of benzene rings is 1. The van der Waals surface area contributed by atoms with Crippen molar-refractivity contribution in [2.75, 3.05) is 50.5 Å². The predicted molar refractivity (Wildman–Crippen MR) is 156 cm³/mol. The first kappa shape index (κ1) is 32.9. The Bertz CT molecular complexity index is 1190. The minimum absolute atomic E-state index is 0. The number of hydrogen-bond acceptors (Lipinski definition) is 8. The highest BCUT2D eigenvalue weighted by Crippen LogP contribution is 2.35. The van der Waals surface area contributed by atoms with Gasteiger partial charge in [0.25, 0.3) is 5.91 Å². The molecule has 1 aromatic heterocycles. The van der Waals surface area contributed by atoms with Crippen LogP contribution in [0.25, 0.3) is 0 Å². The third-order valence-electron chi connectivity index (χ3n) is 7.21. The van der Waals surface area contributed by atoms with Crippen LogP contribution in [0, 0.1) is 5.92 Å². The molecule has 0 radical (unpaired) electrons. The number of hydrogen-bond donors (Lipinski definition) is 3. The van der Waals surface area contributed by atoms with E-state index in [1.54, 1.807) is 29.2 Å². The lowest BCUT2D eigenvalue weighted by atomic mass is 9.90. The number of likely N-dealkylation sites (N-methyl/N-ethyl adjacent to an activating group) is 1. The van der Waals surface area contributed by atoms with E-state index >= 15 is 0 Å². The number of amides is 2. The Morgan fingerprint density at radius 3 is 2.31 bits per heavy atom. The van der Waals surface area contributed by atoms with Gasteiger partial charge in [-0.25, -0.2) is 9.78 Å². The minimum Gasteiger partial charge on any atom is -0.449 e. The number of alkyl halides is 3. The van der Waals surface area contributed by atoms with Crippen molar-refractivity contribution in [1.29, 1.82) is 0 Å². The van der Waals surface area contributed by atoms with E-state index in [9.17, 15) is 22.8 Å². The number of halogens is 3. The van der Waals surface area contributed by atoms with E-state index < -0.39 is 29.9 Å². The summed E-state index contributed by atoms with van der Waals surface area (Å²) in [7, 11) is 2.02. The summed E-state index contributed by atoms with van der Waals surface area (Å²) in [6, 6.07) is 5.79. The molecule has 1 saturated heterocycles. The Labute approximate surface area is 245 Å². The van der Waals surface area contributed by atoms with Gasteiger partial charge in [-0.2, -0.15) is 18.2 Å². The smallest absolute Gasteiger partial charge is 0.421 e. The molecule has 2 fully saturated rings. The fraction of sp³-hybridized carbons (Fsp3) is 0.586. The van der Waals surface area contributed by atoms with E-state index in [2.05, 4.69) is 30.8 Å². The second kappa shape index (κ2) is 14.5. The monoisotopic (exact) mass is 593 g/mol. The topological polar surface area (TPSA) is 112 Å².